The summed E-state index contributed by atoms with van der Waals surface area (Å²) >= 11 is 3.18. The molecule has 0 fully saturated rings. The van der Waals surface area contributed by atoms with Gasteiger partial charge in [0.25, 0.3) is 0 Å². The molecule has 4 nitrogen and oxygen atoms in total. The van der Waals surface area contributed by atoms with E-state index in [1.54, 1.807) is 6.92 Å². The van der Waals surface area contributed by atoms with Crippen molar-refractivity contribution in [2.45, 2.75) is 20.3 Å². The molecular weight excluding hydrogens is 319 g/mol. The first-order valence-corrected chi connectivity index (χ1v) is 6.45. The molecule has 1 rings (SSSR count). The molecule has 1 unspecified atom stereocenters. The Labute approximate surface area is 118 Å². The molecule has 0 saturated heterocycles. The lowest BCUT2D eigenvalue weighted by Gasteiger charge is -2.22. The summed E-state index contributed by atoms with van der Waals surface area (Å²) in [6, 6.07) is 4.17. The van der Waals surface area contributed by atoms with Crippen LogP contribution in [0, 0.1) is 11.2 Å². The first-order valence-electron chi connectivity index (χ1n) is 5.65. The van der Waals surface area contributed by atoms with Gasteiger partial charge in [-0.05, 0) is 37.6 Å². The highest BCUT2D eigenvalue weighted by molar-refractivity contribution is 9.10. The van der Waals surface area contributed by atoms with Crippen LogP contribution in [0.1, 0.15) is 19.4 Å². The zero-order chi connectivity index (χ0) is 14.6. The molecule has 0 spiro atoms. The second-order valence-corrected chi connectivity index (χ2v) is 5.19. The van der Waals surface area contributed by atoms with Gasteiger partial charge in [-0.2, -0.15) is 0 Å². The number of benzene rings is 1. The maximum absolute atomic E-state index is 13.6. The van der Waals surface area contributed by atoms with Crippen LogP contribution in [0.4, 0.5) is 4.39 Å². The average molecular weight is 333 g/mol. The third-order valence-corrected chi connectivity index (χ3v) is 3.24. The first-order chi connectivity index (χ1) is 8.81. The molecule has 104 valence electrons. The fraction of sp³-hybridized carbons (Fsp3) is 0.385. The van der Waals surface area contributed by atoms with Crippen molar-refractivity contribution in [1.29, 1.82) is 0 Å². The number of hydrogen-bond acceptors (Lipinski definition) is 3. The van der Waals surface area contributed by atoms with E-state index in [4.69, 9.17) is 4.74 Å². The largest absolute Gasteiger partial charge is 0.480 e. The fourth-order valence-electron chi connectivity index (χ4n) is 1.59. The van der Waals surface area contributed by atoms with Gasteiger partial charge in [-0.25, -0.2) is 4.39 Å². The van der Waals surface area contributed by atoms with Crippen molar-refractivity contribution in [3.8, 4) is 0 Å². The predicted octanol–water partition coefficient (Wildman–Crippen LogP) is 2.78. The maximum atomic E-state index is 13.6. The van der Waals surface area contributed by atoms with Crippen LogP contribution in [0.2, 0.25) is 0 Å². The Morgan fingerprint density at radius 2 is 2.11 bits per heavy atom. The summed E-state index contributed by atoms with van der Waals surface area (Å²) in [5.74, 6) is -2.77. The molecular formula is C13H14BrFO4. The normalized spacial score (nSPS) is 13.7. The molecule has 1 atom stereocenters. The molecule has 6 heteroatoms. The number of esters is 1. The molecule has 1 aromatic rings. The van der Waals surface area contributed by atoms with Gasteiger partial charge < -0.3 is 9.84 Å². The van der Waals surface area contributed by atoms with E-state index < -0.39 is 23.2 Å². The topological polar surface area (TPSA) is 63.6 Å². The van der Waals surface area contributed by atoms with Crippen molar-refractivity contribution in [2.75, 3.05) is 6.61 Å². The van der Waals surface area contributed by atoms with Crippen LogP contribution < -0.4 is 0 Å². The van der Waals surface area contributed by atoms with Crippen molar-refractivity contribution >= 4 is 27.9 Å². The molecule has 0 heterocycles. The summed E-state index contributed by atoms with van der Waals surface area (Å²) in [6.45, 7) is 2.89. The van der Waals surface area contributed by atoms with Crippen LogP contribution in [0.3, 0.4) is 0 Å². The second kappa shape index (κ2) is 6.14. The van der Waals surface area contributed by atoms with Crippen molar-refractivity contribution in [2.24, 2.45) is 5.41 Å². The number of halogens is 2. The zero-order valence-corrected chi connectivity index (χ0v) is 12.2. The second-order valence-electron chi connectivity index (χ2n) is 4.27. The number of aliphatic carboxylic acids is 1. The number of rotatable bonds is 5. The van der Waals surface area contributed by atoms with E-state index in [1.165, 1.54) is 25.1 Å². The first kappa shape index (κ1) is 15.6. The van der Waals surface area contributed by atoms with E-state index in [1.807, 2.05) is 0 Å². The van der Waals surface area contributed by atoms with Gasteiger partial charge in [0.1, 0.15) is 5.82 Å². The average Bonchev–Trinajstić information content (AvgIpc) is 2.33. The van der Waals surface area contributed by atoms with Gasteiger partial charge in [-0.15, -0.1) is 0 Å². The summed E-state index contributed by atoms with van der Waals surface area (Å²) in [5, 5.41) is 9.22. The van der Waals surface area contributed by atoms with Gasteiger partial charge in [0, 0.05) is 10.9 Å². The maximum Gasteiger partial charge on any atom is 0.323 e. The summed E-state index contributed by atoms with van der Waals surface area (Å²) in [4.78, 5) is 23.1. The summed E-state index contributed by atoms with van der Waals surface area (Å²) < 4.78 is 19.0. The molecule has 0 bridgehead atoms. The Balaban J connectivity index is 3.12. The molecule has 0 amide bonds. The molecule has 0 aliphatic heterocycles. The number of carbonyl (C=O) groups excluding carboxylic acids is 1. The van der Waals surface area contributed by atoms with Crippen molar-refractivity contribution in [3.05, 3.63) is 34.1 Å². The van der Waals surface area contributed by atoms with Crippen LogP contribution in [0.5, 0.6) is 0 Å². The molecule has 0 aliphatic carbocycles. The third kappa shape index (κ3) is 3.53. The van der Waals surface area contributed by atoms with Gasteiger partial charge in [0.05, 0.1) is 6.61 Å². The SMILES string of the molecule is CCOC(=O)C(C)(Cc1cc(Br)ccc1F)C(=O)O. The van der Waals surface area contributed by atoms with Crippen molar-refractivity contribution in [1.82, 2.24) is 0 Å². The van der Waals surface area contributed by atoms with Gasteiger partial charge in [-0.1, -0.05) is 15.9 Å². The van der Waals surface area contributed by atoms with Gasteiger partial charge >= 0.3 is 11.9 Å². The predicted molar refractivity (Wildman–Crippen MR) is 70.2 cm³/mol. The van der Waals surface area contributed by atoms with Gasteiger partial charge in [0.2, 0.25) is 0 Å². The van der Waals surface area contributed by atoms with Crippen LogP contribution >= 0.6 is 15.9 Å². The van der Waals surface area contributed by atoms with E-state index in [-0.39, 0.29) is 18.6 Å². The molecule has 0 radical (unpaired) electrons. The van der Waals surface area contributed by atoms with E-state index in [2.05, 4.69) is 15.9 Å². The minimum absolute atomic E-state index is 0.0721. The number of hydrogen-bond donors (Lipinski definition) is 1. The Bertz CT molecular complexity index is 503. The number of carboxylic acid groups (broad SMARTS) is 1. The molecule has 0 saturated carbocycles. The lowest BCUT2D eigenvalue weighted by molar-refractivity contribution is -0.167. The lowest BCUT2D eigenvalue weighted by atomic mass is 9.83. The quantitative estimate of drug-likeness (QED) is 0.665. The highest BCUT2D eigenvalue weighted by atomic mass is 79.9. The number of carbonyl (C=O) groups is 2. The Kier molecular flexibility index (Phi) is 5.05. The lowest BCUT2D eigenvalue weighted by Crippen LogP contribution is -2.40. The Morgan fingerprint density at radius 1 is 1.47 bits per heavy atom. The molecule has 19 heavy (non-hydrogen) atoms. The number of carboxylic acids is 1. The fourth-order valence-corrected chi connectivity index (χ4v) is 1.99. The molecule has 1 N–H and O–H groups in total. The van der Waals surface area contributed by atoms with Crippen LogP contribution in [0.25, 0.3) is 0 Å². The minimum atomic E-state index is -1.81. The highest BCUT2D eigenvalue weighted by Gasteiger charge is 2.43. The monoisotopic (exact) mass is 332 g/mol. The van der Waals surface area contributed by atoms with E-state index in [0.717, 1.165) is 0 Å². The van der Waals surface area contributed by atoms with E-state index in [0.29, 0.717) is 4.47 Å². The van der Waals surface area contributed by atoms with Crippen LogP contribution in [-0.2, 0) is 20.7 Å². The number of ether oxygens (including phenoxy) is 1. The summed E-state index contributed by atoms with van der Waals surface area (Å²) in [5.41, 5.74) is -1.66. The zero-order valence-electron chi connectivity index (χ0n) is 10.6. The van der Waals surface area contributed by atoms with E-state index in [9.17, 15) is 19.1 Å². The summed E-state index contributed by atoms with van der Waals surface area (Å²) in [7, 11) is 0. The molecule has 0 aliphatic rings. The highest BCUT2D eigenvalue weighted by Crippen LogP contribution is 2.28. The summed E-state index contributed by atoms with van der Waals surface area (Å²) in [6.07, 6.45) is -0.271. The Morgan fingerprint density at radius 3 is 2.63 bits per heavy atom. The standard InChI is InChI=1S/C13H14BrFO4/c1-3-19-12(18)13(2,11(16)17)7-8-6-9(14)4-5-10(8)15/h4-6H,3,7H2,1-2H3,(H,16,17). The smallest absolute Gasteiger partial charge is 0.323 e. The van der Waals surface area contributed by atoms with Gasteiger partial charge in [-0.3, -0.25) is 9.59 Å². The molecule has 0 aromatic heterocycles. The van der Waals surface area contributed by atoms with Crippen molar-refractivity contribution < 1.29 is 23.8 Å². The van der Waals surface area contributed by atoms with E-state index >= 15 is 0 Å². The minimum Gasteiger partial charge on any atom is -0.480 e. The van der Waals surface area contributed by atoms with Crippen LogP contribution in [0.15, 0.2) is 22.7 Å². The Hall–Kier alpha value is -1.43. The van der Waals surface area contributed by atoms with Gasteiger partial charge in [0.15, 0.2) is 5.41 Å². The van der Waals surface area contributed by atoms with Crippen LogP contribution in [-0.4, -0.2) is 23.7 Å². The molecule has 1 aromatic carbocycles. The third-order valence-electron chi connectivity index (χ3n) is 2.75. The van der Waals surface area contributed by atoms with Crippen molar-refractivity contribution in [3.63, 3.8) is 0 Å².